The minimum Gasteiger partial charge on any atom is -0.383 e. The Hall–Kier alpha value is -3.85. The number of ketones is 1. The van der Waals surface area contributed by atoms with Crippen LogP contribution in [0.3, 0.4) is 0 Å². The molecule has 0 spiro atoms. The lowest BCUT2D eigenvalue weighted by atomic mass is 9.76. The number of benzene rings is 2. The Labute approximate surface area is 175 Å². The van der Waals surface area contributed by atoms with Crippen LogP contribution in [0.4, 0.5) is 0 Å². The molecule has 0 radical (unpaired) electrons. The number of hydrazine groups is 1. The molecule has 2 aromatic carbocycles. The maximum Gasteiger partial charge on any atom is 0.270 e. The molecule has 0 fully saturated rings. The molecule has 1 unspecified atom stereocenters. The molecule has 0 aromatic heterocycles. The Morgan fingerprint density at radius 3 is 2.50 bits per heavy atom. The molecular weight excluding hydrogens is 376 g/mol. The molecule has 2 aromatic rings. The van der Waals surface area contributed by atoms with Gasteiger partial charge >= 0.3 is 0 Å². The molecule has 0 saturated carbocycles. The summed E-state index contributed by atoms with van der Waals surface area (Å²) in [5.74, 6) is -0.736. The largest absolute Gasteiger partial charge is 0.383 e. The van der Waals surface area contributed by atoms with Crippen LogP contribution in [-0.2, 0) is 4.79 Å². The van der Waals surface area contributed by atoms with Gasteiger partial charge in [0.25, 0.3) is 5.91 Å². The van der Waals surface area contributed by atoms with Crippen molar-refractivity contribution in [3.63, 3.8) is 0 Å². The van der Waals surface area contributed by atoms with Gasteiger partial charge in [-0.15, -0.1) is 0 Å². The number of allylic oxidation sites excluding steroid dienone is 3. The van der Waals surface area contributed by atoms with Crippen molar-refractivity contribution >= 4 is 11.7 Å². The molecule has 1 aliphatic heterocycles. The SMILES string of the molecule is Cc1ccc(C2C(C#N)=C(N)N(NC(=O)c3ccccc3)C3=C2C(=O)CCC3)cc1. The van der Waals surface area contributed by atoms with Gasteiger partial charge < -0.3 is 5.73 Å². The van der Waals surface area contributed by atoms with Crippen LogP contribution in [0.2, 0.25) is 0 Å². The summed E-state index contributed by atoms with van der Waals surface area (Å²) in [7, 11) is 0. The Morgan fingerprint density at radius 1 is 1.13 bits per heavy atom. The maximum absolute atomic E-state index is 13.0. The molecule has 1 aliphatic carbocycles. The van der Waals surface area contributed by atoms with Gasteiger partial charge in [-0.3, -0.25) is 15.0 Å². The maximum atomic E-state index is 13.0. The molecule has 1 amide bonds. The normalized spacial score (nSPS) is 18.7. The van der Waals surface area contributed by atoms with Gasteiger partial charge in [-0.05, 0) is 37.5 Å². The van der Waals surface area contributed by atoms with Crippen molar-refractivity contribution in [2.75, 3.05) is 0 Å². The zero-order chi connectivity index (χ0) is 21.3. The van der Waals surface area contributed by atoms with E-state index in [1.807, 2.05) is 37.3 Å². The minimum absolute atomic E-state index is 0.0129. The topological polar surface area (TPSA) is 99.2 Å². The van der Waals surface area contributed by atoms with Crippen LogP contribution in [0, 0.1) is 18.3 Å². The summed E-state index contributed by atoms with van der Waals surface area (Å²) in [6, 6.07) is 18.7. The highest BCUT2D eigenvalue weighted by Crippen LogP contribution is 2.44. The molecule has 6 heteroatoms. The summed E-state index contributed by atoms with van der Waals surface area (Å²) in [5.41, 5.74) is 13.1. The van der Waals surface area contributed by atoms with Crippen LogP contribution in [0.5, 0.6) is 0 Å². The van der Waals surface area contributed by atoms with Crippen molar-refractivity contribution in [3.8, 4) is 6.07 Å². The number of Topliss-reactive ketones (excluding diaryl/α,β-unsaturated/α-hetero) is 1. The van der Waals surface area contributed by atoms with E-state index in [1.165, 1.54) is 5.01 Å². The summed E-state index contributed by atoms with van der Waals surface area (Å²) in [4.78, 5) is 25.8. The number of nitrogens with two attached hydrogens (primary N) is 1. The van der Waals surface area contributed by atoms with Gasteiger partial charge in [-0.25, -0.2) is 5.01 Å². The first-order chi connectivity index (χ1) is 14.5. The number of rotatable bonds is 3. The van der Waals surface area contributed by atoms with Crippen LogP contribution in [-0.4, -0.2) is 16.7 Å². The Bertz CT molecular complexity index is 1110. The summed E-state index contributed by atoms with van der Waals surface area (Å²) >= 11 is 0. The second kappa shape index (κ2) is 7.88. The van der Waals surface area contributed by atoms with E-state index in [0.717, 1.165) is 11.1 Å². The van der Waals surface area contributed by atoms with E-state index in [9.17, 15) is 14.9 Å². The second-order valence-electron chi connectivity index (χ2n) is 7.53. The fourth-order valence-corrected chi connectivity index (χ4v) is 4.06. The van der Waals surface area contributed by atoms with Crippen molar-refractivity contribution in [2.45, 2.75) is 32.1 Å². The number of hydrogen-bond acceptors (Lipinski definition) is 5. The first-order valence-electron chi connectivity index (χ1n) is 9.90. The van der Waals surface area contributed by atoms with Gasteiger partial charge in [0.05, 0.1) is 17.6 Å². The smallest absolute Gasteiger partial charge is 0.270 e. The van der Waals surface area contributed by atoms with Crippen LogP contribution in [0.15, 0.2) is 77.3 Å². The third kappa shape index (κ3) is 3.35. The van der Waals surface area contributed by atoms with E-state index in [0.29, 0.717) is 36.1 Å². The van der Waals surface area contributed by atoms with Gasteiger partial charge in [-0.1, -0.05) is 48.0 Å². The number of carbonyl (C=O) groups excluding carboxylic acids is 2. The van der Waals surface area contributed by atoms with Crippen LogP contribution < -0.4 is 11.2 Å². The average molecular weight is 398 g/mol. The van der Waals surface area contributed by atoms with E-state index in [-0.39, 0.29) is 23.1 Å². The van der Waals surface area contributed by atoms with Crippen molar-refractivity contribution in [1.29, 1.82) is 5.26 Å². The number of nitrogens with one attached hydrogen (secondary N) is 1. The number of aryl methyl sites for hydroxylation is 1. The van der Waals surface area contributed by atoms with Crippen molar-refractivity contribution in [2.24, 2.45) is 5.73 Å². The number of hydrogen-bond donors (Lipinski definition) is 2. The predicted octanol–water partition coefficient (Wildman–Crippen LogP) is 3.44. The number of carbonyl (C=O) groups is 2. The molecule has 0 saturated heterocycles. The monoisotopic (exact) mass is 398 g/mol. The molecule has 1 heterocycles. The third-order valence-corrected chi connectivity index (χ3v) is 5.57. The Balaban J connectivity index is 1.81. The van der Waals surface area contributed by atoms with Gasteiger partial charge in [0, 0.05) is 23.3 Å². The van der Waals surface area contributed by atoms with E-state index in [4.69, 9.17) is 5.73 Å². The lowest BCUT2D eigenvalue weighted by Gasteiger charge is -2.39. The van der Waals surface area contributed by atoms with Gasteiger partial charge in [0.2, 0.25) is 0 Å². The Morgan fingerprint density at radius 2 is 1.83 bits per heavy atom. The first kappa shape index (κ1) is 19.5. The molecule has 6 nitrogen and oxygen atoms in total. The van der Waals surface area contributed by atoms with E-state index in [2.05, 4.69) is 11.5 Å². The zero-order valence-corrected chi connectivity index (χ0v) is 16.7. The van der Waals surface area contributed by atoms with Gasteiger partial charge in [0.1, 0.15) is 5.82 Å². The minimum atomic E-state index is -0.525. The highest BCUT2D eigenvalue weighted by molar-refractivity contribution is 6.00. The number of nitrogens with zero attached hydrogens (tertiary/aromatic N) is 2. The molecule has 30 heavy (non-hydrogen) atoms. The molecule has 150 valence electrons. The van der Waals surface area contributed by atoms with Crippen molar-refractivity contribution in [3.05, 3.63) is 94.0 Å². The second-order valence-corrected chi connectivity index (χ2v) is 7.53. The molecule has 3 N–H and O–H groups in total. The van der Waals surface area contributed by atoms with Crippen molar-refractivity contribution in [1.82, 2.24) is 10.4 Å². The van der Waals surface area contributed by atoms with Crippen LogP contribution >= 0.6 is 0 Å². The lowest BCUT2D eigenvalue weighted by Crippen LogP contribution is -2.48. The van der Waals surface area contributed by atoms with Crippen LogP contribution in [0.25, 0.3) is 0 Å². The third-order valence-electron chi connectivity index (χ3n) is 5.57. The van der Waals surface area contributed by atoms with E-state index >= 15 is 0 Å². The molecule has 4 rings (SSSR count). The molecular formula is C24H22N4O2. The quantitative estimate of drug-likeness (QED) is 0.825. The summed E-state index contributed by atoms with van der Waals surface area (Å²) in [6.45, 7) is 1.98. The van der Waals surface area contributed by atoms with Gasteiger partial charge in [-0.2, -0.15) is 5.26 Å². The zero-order valence-electron chi connectivity index (χ0n) is 16.7. The fourth-order valence-electron chi connectivity index (χ4n) is 4.06. The summed E-state index contributed by atoms with van der Waals surface area (Å²) in [6.07, 6.45) is 1.68. The average Bonchev–Trinajstić information content (AvgIpc) is 2.76. The fraction of sp³-hybridized carbons (Fsp3) is 0.208. The first-order valence-corrected chi connectivity index (χ1v) is 9.90. The Kier molecular flexibility index (Phi) is 5.11. The number of nitriles is 1. The van der Waals surface area contributed by atoms with E-state index in [1.54, 1.807) is 24.3 Å². The number of amides is 1. The lowest BCUT2D eigenvalue weighted by molar-refractivity contribution is -0.116. The molecule has 0 bridgehead atoms. The highest BCUT2D eigenvalue weighted by Gasteiger charge is 2.40. The standard InChI is InChI=1S/C24H22N4O2/c1-15-10-12-16(13-11-15)21-18(14-25)23(26)28(19-8-5-9-20(29)22(19)21)27-24(30)17-6-3-2-4-7-17/h2-4,6-7,10-13,21H,5,8-9,26H2,1H3,(H,27,30). The molecule has 1 atom stereocenters. The summed E-state index contributed by atoms with van der Waals surface area (Å²) in [5, 5.41) is 11.4. The molecule has 2 aliphatic rings. The van der Waals surface area contributed by atoms with E-state index < -0.39 is 5.92 Å². The van der Waals surface area contributed by atoms with Gasteiger partial charge in [0.15, 0.2) is 5.78 Å². The summed E-state index contributed by atoms with van der Waals surface area (Å²) < 4.78 is 0. The van der Waals surface area contributed by atoms with Crippen molar-refractivity contribution < 1.29 is 9.59 Å². The van der Waals surface area contributed by atoms with Crippen LogP contribution in [0.1, 0.15) is 46.7 Å². The predicted molar refractivity (Wildman–Crippen MR) is 112 cm³/mol. The highest BCUT2D eigenvalue weighted by atomic mass is 16.2.